The van der Waals surface area contributed by atoms with E-state index in [0.29, 0.717) is 17.4 Å². The number of nitrogens with zero attached hydrogens (tertiary/aromatic N) is 1. The number of imidazole rings is 1. The third-order valence-electron chi connectivity index (χ3n) is 2.65. The Morgan fingerprint density at radius 3 is 2.22 bits per heavy atom. The quantitative estimate of drug-likeness (QED) is 0.566. The number of nitrogens with two attached hydrogens (primary N) is 1. The molecule has 0 aliphatic heterocycles. The van der Waals surface area contributed by atoms with Crippen LogP contribution < -0.4 is 20.7 Å². The topological polar surface area (TPSA) is 85.2 Å². The van der Waals surface area contributed by atoms with Crippen molar-refractivity contribution in [3.63, 3.8) is 0 Å². The number of aryl methyl sites for hydroxylation is 1. The Labute approximate surface area is 105 Å². The van der Waals surface area contributed by atoms with E-state index in [-0.39, 0.29) is 0 Å². The Hall–Kier alpha value is -2.21. The predicted molar refractivity (Wildman–Crippen MR) is 69.7 cm³/mol. The number of hydrogen-bond donors (Lipinski definition) is 3. The number of nitrogen functional groups attached to an aromatic ring is 1. The zero-order valence-electron chi connectivity index (χ0n) is 10.6. The summed E-state index contributed by atoms with van der Waals surface area (Å²) in [6.07, 6.45) is 0. The number of aromatic nitrogens is 2. The molecule has 4 N–H and O–H groups in total. The SMILES string of the molecule is COc1cc(OC)cc(-c2nc(NN)[nH]c2C)c1. The number of aromatic amines is 1. The van der Waals surface area contributed by atoms with Gasteiger partial charge in [0.15, 0.2) is 0 Å². The number of nitrogens with one attached hydrogen (secondary N) is 2. The lowest BCUT2D eigenvalue weighted by molar-refractivity contribution is 0.394. The van der Waals surface area contributed by atoms with Crippen LogP contribution in [0.3, 0.4) is 0 Å². The monoisotopic (exact) mass is 248 g/mol. The average Bonchev–Trinajstić information content (AvgIpc) is 2.79. The molecule has 6 nitrogen and oxygen atoms in total. The highest BCUT2D eigenvalue weighted by molar-refractivity contribution is 5.67. The van der Waals surface area contributed by atoms with Crippen molar-refractivity contribution in [3.05, 3.63) is 23.9 Å². The van der Waals surface area contributed by atoms with Crippen LogP contribution in [-0.2, 0) is 0 Å². The molecule has 0 amide bonds. The third-order valence-corrected chi connectivity index (χ3v) is 2.65. The van der Waals surface area contributed by atoms with Crippen molar-refractivity contribution < 1.29 is 9.47 Å². The smallest absolute Gasteiger partial charge is 0.215 e. The van der Waals surface area contributed by atoms with E-state index in [2.05, 4.69) is 15.4 Å². The summed E-state index contributed by atoms with van der Waals surface area (Å²) in [6.45, 7) is 1.93. The van der Waals surface area contributed by atoms with Crippen molar-refractivity contribution in [2.24, 2.45) is 5.84 Å². The zero-order chi connectivity index (χ0) is 13.1. The van der Waals surface area contributed by atoms with Gasteiger partial charge in [0.05, 0.1) is 19.9 Å². The van der Waals surface area contributed by atoms with Crippen molar-refractivity contribution in [2.75, 3.05) is 19.6 Å². The zero-order valence-corrected chi connectivity index (χ0v) is 10.6. The molecule has 1 heterocycles. The molecule has 1 aromatic carbocycles. The second kappa shape index (κ2) is 4.97. The van der Waals surface area contributed by atoms with Gasteiger partial charge in [0.2, 0.25) is 5.95 Å². The van der Waals surface area contributed by atoms with E-state index < -0.39 is 0 Å². The molecule has 96 valence electrons. The van der Waals surface area contributed by atoms with Crippen LogP contribution in [0, 0.1) is 6.92 Å². The first-order chi connectivity index (χ1) is 8.67. The summed E-state index contributed by atoms with van der Waals surface area (Å²) in [5.74, 6) is 7.28. The maximum atomic E-state index is 5.33. The summed E-state index contributed by atoms with van der Waals surface area (Å²) in [7, 11) is 3.23. The standard InChI is InChI=1S/C12H16N4O2/c1-7-11(15-12(14-7)16-13)8-4-9(17-2)6-10(5-8)18-3/h4-6H,13H2,1-3H3,(H2,14,15,16). The van der Waals surface area contributed by atoms with Crippen LogP contribution in [-0.4, -0.2) is 24.2 Å². The van der Waals surface area contributed by atoms with Gasteiger partial charge in [-0.05, 0) is 19.1 Å². The lowest BCUT2D eigenvalue weighted by atomic mass is 10.1. The van der Waals surface area contributed by atoms with Crippen LogP contribution in [0.2, 0.25) is 0 Å². The molecule has 0 bridgehead atoms. The molecule has 0 aliphatic rings. The van der Waals surface area contributed by atoms with E-state index >= 15 is 0 Å². The number of H-pyrrole nitrogens is 1. The molecule has 0 atom stereocenters. The molecule has 2 aromatic rings. The third kappa shape index (κ3) is 2.23. The van der Waals surface area contributed by atoms with Gasteiger partial charge in [-0.2, -0.15) is 0 Å². The minimum absolute atomic E-state index is 0.518. The Morgan fingerprint density at radius 2 is 1.78 bits per heavy atom. The van der Waals surface area contributed by atoms with Gasteiger partial charge in [-0.25, -0.2) is 10.8 Å². The van der Waals surface area contributed by atoms with Crippen LogP contribution in [0.1, 0.15) is 5.69 Å². The normalized spacial score (nSPS) is 10.2. The highest BCUT2D eigenvalue weighted by Crippen LogP contribution is 2.30. The summed E-state index contributed by atoms with van der Waals surface area (Å²) < 4.78 is 10.5. The summed E-state index contributed by atoms with van der Waals surface area (Å²) in [6, 6.07) is 5.60. The average molecular weight is 248 g/mol. The fourth-order valence-corrected chi connectivity index (χ4v) is 1.75. The number of methoxy groups -OCH3 is 2. The molecule has 0 unspecified atom stereocenters. The van der Waals surface area contributed by atoms with Gasteiger partial charge in [-0.15, -0.1) is 0 Å². The molecule has 1 aromatic heterocycles. The van der Waals surface area contributed by atoms with Crippen LogP contribution in [0.5, 0.6) is 11.5 Å². The molecule has 0 aliphatic carbocycles. The van der Waals surface area contributed by atoms with Gasteiger partial charge in [0.1, 0.15) is 11.5 Å². The number of hydrazine groups is 1. The fraction of sp³-hybridized carbons (Fsp3) is 0.250. The lowest BCUT2D eigenvalue weighted by Crippen LogP contribution is -2.07. The summed E-state index contributed by atoms with van der Waals surface area (Å²) in [5, 5.41) is 0. The molecule has 0 radical (unpaired) electrons. The second-order valence-electron chi connectivity index (χ2n) is 3.80. The van der Waals surface area contributed by atoms with Gasteiger partial charge in [-0.3, -0.25) is 5.43 Å². The molecule has 6 heteroatoms. The van der Waals surface area contributed by atoms with Crippen LogP contribution in [0.4, 0.5) is 5.95 Å². The molecule has 0 saturated heterocycles. The van der Waals surface area contributed by atoms with E-state index in [1.807, 2.05) is 25.1 Å². The Bertz CT molecular complexity index is 529. The van der Waals surface area contributed by atoms with E-state index in [9.17, 15) is 0 Å². The van der Waals surface area contributed by atoms with E-state index in [1.54, 1.807) is 14.2 Å². The summed E-state index contributed by atoms with van der Waals surface area (Å²) in [5.41, 5.74) is 5.11. The van der Waals surface area contributed by atoms with Gasteiger partial charge < -0.3 is 14.5 Å². The largest absolute Gasteiger partial charge is 0.497 e. The molecular formula is C12H16N4O2. The Morgan fingerprint density at radius 1 is 1.17 bits per heavy atom. The first kappa shape index (κ1) is 12.3. The predicted octanol–water partition coefficient (Wildman–Crippen LogP) is 1.69. The van der Waals surface area contributed by atoms with Gasteiger partial charge in [0.25, 0.3) is 0 Å². The van der Waals surface area contributed by atoms with Crippen molar-refractivity contribution in [3.8, 4) is 22.8 Å². The maximum Gasteiger partial charge on any atom is 0.215 e. The second-order valence-corrected chi connectivity index (χ2v) is 3.80. The fourth-order valence-electron chi connectivity index (χ4n) is 1.75. The number of anilines is 1. The Balaban J connectivity index is 2.51. The number of benzene rings is 1. The Kier molecular flexibility index (Phi) is 3.38. The molecule has 18 heavy (non-hydrogen) atoms. The molecule has 2 rings (SSSR count). The van der Waals surface area contributed by atoms with E-state index in [4.69, 9.17) is 15.3 Å². The maximum absolute atomic E-state index is 5.33. The summed E-state index contributed by atoms with van der Waals surface area (Å²) in [4.78, 5) is 7.39. The number of hydrogen-bond acceptors (Lipinski definition) is 5. The van der Waals surface area contributed by atoms with Crippen LogP contribution in [0.15, 0.2) is 18.2 Å². The van der Waals surface area contributed by atoms with Crippen molar-refractivity contribution in [1.82, 2.24) is 9.97 Å². The van der Waals surface area contributed by atoms with E-state index in [0.717, 1.165) is 17.0 Å². The number of rotatable bonds is 4. The number of ether oxygens (including phenoxy) is 2. The van der Waals surface area contributed by atoms with Crippen LogP contribution in [0.25, 0.3) is 11.3 Å². The van der Waals surface area contributed by atoms with Gasteiger partial charge in [-0.1, -0.05) is 0 Å². The minimum atomic E-state index is 0.518. The molecule has 0 spiro atoms. The van der Waals surface area contributed by atoms with Crippen molar-refractivity contribution in [2.45, 2.75) is 6.92 Å². The highest BCUT2D eigenvalue weighted by Gasteiger charge is 2.11. The van der Waals surface area contributed by atoms with Crippen LogP contribution >= 0.6 is 0 Å². The van der Waals surface area contributed by atoms with Crippen molar-refractivity contribution in [1.29, 1.82) is 0 Å². The summed E-state index contributed by atoms with van der Waals surface area (Å²) >= 11 is 0. The lowest BCUT2D eigenvalue weighted by Gasteiger charge is -2.07. The van der Waals surface area contributed by atoms with Gasteiger partial charge >= 0.3 is 0 Å². The highest BCUT2D eigenvalue weighted by atomic mass is 16.5. The first-order valence-electron chi connectivity index (χ1n) is 5.44. The molecular weight excluding hydrogens is 232 g/mol. The van der Waals surface area contributed by atoms with Crippen molar-refractivity contribution >= 4 is 5.95 Å². The molecule has 0 saturated carbocycles. The minimum Gasteiger partial charge on any atom is -0.497 e. The first-order valence-corrected chi connectivity index (χ1v) is 5.44. The van der Waals surface area contributed by atoms with Gasteiger partial charge in [0, 0.05) is 17.3 Å². The molecule has 0 fully saturated rings. The van der Waals surface area contributed by atoms with E-state index in [1.165, 1.54) is 0 Å².